The lowest BCUT2D eigenvalue weighted by Gasteiger charge is -2.03. The predicted molar refractivity (Wildman–Crippen MR) is 69.6 cm³/mol. The van der Waals surface area contributed by atoms with E-state index in [1.165, 1.54) is 5.56 Å². The van der Waals surface area contributed by atoms with Crippen LogP contribution in [-0.2, 0) is 11.2 Å². The molecule has 0 bridgehead atoms. The van der Waals surface area contributed by atoms with Crippen LogP contribution in [0.5, 0.6) is 0 Å². The maximum atomic E-state index is 10.6. The standard InChI is InChI=1S/C14H16N2O3/c1-9-3-5-11(6-4-9)14-16-15-12(19-14)7-10(2)8-13(17)18/h3-6,10H,7-8H2,1-2H3,(H,17,18). The number of hydrogen-bond donors (Lipinski definition) is 1. The number of hydrogen-bond acceptors (Lipinski definition) is 4. The Bertz CT molecular complexity index is 560. The zero-order valence-corrected chi connectivity index (χ0v) is 11.0. The van der Waals surface area contributed by atoms with E-state index in [2.05, 4.69) is 10.2 Å². The number of rotatable bonds is 5. The van der Waals surface area contributed by atoms with Crippen molar-refractivity contribution in [2.75, 3.05) is 0 Å². The summed E-state index contributed by atoms with van der Waals surface area (Å²) < 4.78 is 5.55. The van der Waals surface area contributed by atoms with Crippen molar-refractivity contribution in [1.29, 1.82) is 0 Å². The van der Waals surface area contributed by atoms with Crippen LogP contribution in [0.25, 0.3) is 11.5 Å². The Morgan fingerprint density at radius 1 is 1.32 bits per heavy atom. The van der Waals surface area contributed by atoms with Gasteiger partial charge in [0.25, 0.3) is 0 Å². The highest BCUT2D eigenvalue weighted by molar-refractivity contribution is 5.66. The highest BCUT2D eigenvalue weighted by atomic mass is 16.4. The summed E-state index contributed by atoms with van der Waals surface area (Å²) in [5.41, 5.74) is 2.04. The third-order valence-corrected chi connectivity index (χ3v) is 2.81. The fraction of sp³-hybridized carbons (Fsp3) is 0.357. The number of nitrogens with zero attached hydrogens (tertiary/aromatic N) is 2. The average molecular weight is 260 g/mol. The summed E-state index contributed by atoms with van der Waals surface area (Å²) in [6.07, 6.45) is 0.577. The number of carboxylic acids is 1. The molecule has 1 aromatic carbocycles. The first-order chi connectivity index (χ1) is 9.04. The highest BCUT2D eigenvalue weighted by Crippen LogP contribution is 2.20. The van der Waals surface area contributed by atoms with E-state index in [9.17, 15) is 4.79 Å². The van der Waals surface area contributed by atoms with Crippen molar-refractivity contribution in [3.05, 3.63) is 35.7 Å². The van der Waals surface area contributed by atoms with Gasteiger partial charge < -0.3 is 9.52 Å². The second-order valence-corrected chi connectivity index (χ2v) is 4.77. The summed E-state index contributed by atoms with van der Waals surface area (Å²) in [5, 5.41) is 16.6. The summed E-state index contributed by atoms with van der Waals surface area (Å²) >= 11 is 0. The Hall–Kier alpha value is -2.17. The van der Waals surface area contributed by atoms with Crippen LogP contribution in [0, 0.1) is 12.8 Å². The molecule has 0 spiro atoms. The maximum absolute atomic E-state index is 10.6. The largest absolute Gasteiger partial charge is 0.481 e. The quantitative estimate of drug-likeness (QED) is 0.894. The predicted octanol–water partition coefficient (Wildman–Crippen LogP) is 2.70. The molecule has 1 N–H and O–H groups in total. The third kappa shape index (κ3) is 3.64. The molecular weight excluding hydrogens is 244 g/mol. The third-order valence-electron chi connectivity index (χ3n) is 2.81. The molecular formula is C14H16N2O3. The molecule has 0 aliphatic carbocycles. The molecule has 0 saturated carbocycles. The first kappa shape index (κ1) is 13.3. The lowest BCUT2D eigenvalue weighted by atomic mass is 10.0. The molecule has 2 rings (SSSR count). The van der Waals surface area contributed by atoms with E-state index in [-0.39, 0.29) is 12.3 Å². The van der Waals surface area contributed by atoms with Crippen LogP contribution in [0.15, 0.2) is 28.7 Å². The number of aromatic nitrogens is 2. The van der Waals surface area contributed by atoms with E-state index in [4.69, 9.17) is 9.52 Å². The van der Waals surface area contributed by atoms with Gasteiger partial charge in [-0.2, -0.15) is 0 Å². The summed E-state index contributed by atoms with van der Waals surface area (Å²) in [6.45, 7) is 3.86. The molecule has 0 saturated heterocycles. The van der Waals surface area contributed by atoms with Gasteiger partial charge in [0.15, 0.2) is 0 Å². The molecule has 0 aliphatic rings. The van der Waals surface area contributed by atoms with Gasteiger partial charge in [-0.1, -0.05) is 24.6 Å². The summed E-state index contributed by atoms with van der Waals surface area (Å²) in [5.74, 6) is 0.108. The van der Waals surface area contributed by atoms with Crippen molar-refractivity contribution in [3.8, 4) is 11.5 Å². The van der Waals surface area contributed by atoms with Crippen LogP contribution in [0.4, 0.5) is 0 Å². The zero-order valence-electron chi connectivity index (χ0n) is 11.0. The Morgan fingerprint density at radius 2 is 2.00 bits per heavy atom. The van der Waals surface area contributed by atoms with E-state index < -0.39 is 5.97 Å². The Kier molecular flexibility index (Phi) is 3.94. The molecule has 0 aliphatic heterocycles. The lowest BCUT2D eigenvalue weighted by Crippen LogP contribution is -2.07. The molecule has 1 aromatic heterocycles. The molecule has 19 heavy (non-hydrogen) atoms. The Labute approximate surface area is 111 Å². The van der Waals surface area contributed by atoms with E-state index in [0.29, 0.717) is 18.2 Å². The van der Waals surface area contributed by atoms with Crippen molar-refractivity contribution in [2.24, 2.45) is 5.92 Å². The molecule has 1 unspecified atom stereocenters. The van der Waals surface area contributed by atoms with Crippen molar-refractivity contribution in [3.63, 3.8) is 0 Å². The molecule has 1 atom stereocenters. The minimum Gasteiger partial charge on any atom is -0.481 e. The van der Waals surface area contributed by atoms with Crippen LogP contribution in [0.1, 0.15) is 24.8 Å². The highest BCUT2D eigenvalue weighted by Gasteiger charge is 2.14. The van der Waals surface area contributed by atoms with Gasteiger partial charge in [0, 0.05) is 18.4 Å². The van der Waals surface area contributed by atoms with Gasteiger partial charge in [0.1, 0.15) is 0 Å². The Morgan fingerprint density at radius 3 is 2.63 bits per heavy atom. The van der Waals surface area contributed by atoms with Crippen LogP contribution < -0.4 is 0 Å². The normalized spacial score (nSPS) is 12.3. The number of aliphatic carboxylic acids is 1. The second kappa shape index (κ2) is 5.65. The van der Waals surface area contributed by atoms with Gasteiger partial charge in [0.2, 0.25) is 11.8 Å². The molecule has 5 heteroatoms. The lowest BCUT2D eigenvalue weighted by molar-refractivity contribution is -0.137. The zero-order chi connectivity index (χ0) is 13.8. The minimum absolute atomic E-state index is 0.0242. The number of carboxylic acid groups (broad SMARTS) is 1. The second-order valence-electron chi connectivity index (χ2n) is 4.77. The summed E-state index contributed by atoms with van der Waals surface area (Å²) in [7, 11) is 0. The Balaban J connectivity index is 2.06. The molecule has 1 heterocycles. The van der Waals surface area contributed by atoms with Crippen LogP contribution in [0.2, 0.25) is 0 Å². The van der Waals surface area contributed by atoms with E-state index in [1.807, 2.05) is 38.1 Å². The molecule has 0 fully saturated rings. The summed E-state index contributed by atoms with van der Waals surface area (Å²) in [4.78, 5) is 10.6. The topological polar surface area (TPSA) is 76.2 Å². The van der Waals surface area contributed by atoms with Gasteiger partial charge in [-0.25, -0.2) is 0 Å². The molecule has 2 aromatic rings. The first-order valence-electron chi connectivity index (χ1n) is 6.16. The fourth-order valence-electron chi connectivity index (χ4n) is 1.82. The van der Waals surface area contributed by atoms with E-state index >= 15 is 0 Å². The van der Waals surface area contributed by atoms with Crippen LogP contribution >= 0.6 is 0 Å². The summed E-state index contributed by atoms with van der Waals surface area (Å²) in [6, 6.07) is 7.80. The number of carbonyl (C=O) groups is 1. The smallest absolute Gasteiger partial charge is 0.303 e. The van der Waals surface area contributed by atoms with Crippen LogP contribution in [0.3, 0.4) is 0 Å². The minimum atomic E-state index is -0.814. The average Bonchev–Trinajstić information content (AvgIpc) is 2.77. The van der Waals surface area contributed by atoms with Crippen molar-refractivity contribution >= 4 is 5.97 Å². The van der Waals surface area contributed by atoms with Crippen LogP contribution in [-0.4, -0.2) is 21.3 Å². The van der Waals surface area contributed by atoms with Gasteiger partial charge in [-0.15, -0.1) is 10.2 Å². The molecule has 100 valence electrons. The van der Waals surface area contributed by atoms with Gasteiger partial charge >= 0.3 is 5.97 Å². The molecule has 5 nitrogen and oxygen atoms in total. The van der Waals surface area contributed by atoms with Gasteiger partial charge in [0.05, 0.1) is 0 Å². The van der Waals surface area contributed by atoms with E-state index in [1.54, 1.807) is 0 Å². The van der Waals surface area contributed by atoms with Gasteiger partial charge in [-0.3, -0.25) is 4.79 Å². The fourth-order valence-corrected chi connectivity index (χ4v) is 1.82. The maximum Gasteiger partial charge on any atom is 0.303 e. The monoisotopic (exact) mass is 260 g/mol. The van der Waals surface area contributed by atoms with Gasteiger partial charge in [-0.05, 0) is 25.0 Å². The molecule has 0 amide bonds. The SMILES string of the molecule is Cc1ccc(-c2nnc(CC(C)CC(=O)O)o2)cc1. The van der Waals surface area contributed by atoms with Crippen molar-refractivity contribution < 1.29 is 14.3 Å². The van der Waals surface area contributed by atoms with Crippen molar-refractivity contribution in [2.45, 2.75) is 26.7 Å². The van der Waals surface area contributed by atoms with E-state index in [0.717, 1.165) is 5.56 Å². The number of benzene rings is 1. The first-order valence-corrected chi connectivity index (χ1v) is 6.16. The van der Waals surface area contributed by atoms with Crippen molar-refractivity contribution in [1.82, 2.24) is 10.2 Å². The molecule has 0 radical (unpaired) electrons. The number of aryl methyl sites for hydroxylation is 1.